The van der Waals surface area contributed by atoms with Gasteiger partial charge in [-0.1, -0.05) is 30.3 Å². The fourth-order valence-corrected chi connectivity index (χ4v) is 4.35. The standard InChI is InChI=1S/C15H18N4S/c1-2-4-11(5-3-1)13-15-18-17-14(12-6-9-20-10-12)19(15)8-7-16-13/h1-5,12-13,16H,6-10H2. The molecule has 2 aliphatic heterocycles. The van der Waals surface area contributed by atoms with E-state index in [9.17, 15) is 0 Å². The van der Waals surface area contributed by atoms with Gasteiger partial charge >= 0.3 is 0 Å². The Balaban J connectivity index is 1.71. The monoisotopic (exact) mass is 286 g/mol. The molecule has 0 saturated carbocycles. The molecule has 2 unspecified atom stereocenters. The molecule has 1 aromatic carbocycles. The van der Waals surface area contributed by atoms with Crippen LogP contribution < -0.4 is 5.32 Å². The zero-order valence-corrected chi connectivity index (χ0v) is 12.1. The summed E-state index contributed by atoms with van der Waals surface area (Å²) in [7, 11) is 0. The summed E-state index contributed by atoms with van der Waals surface area (Å²) in [6, 6.07) is 10.7. The summed E-state index contributed by atoms with van der Waals surface area (Å²) in [5, 5.41) is 12.6. The molecule has 3 heterocycles. The molecule has 20 heavy (non-hydrogen) atoms. The lowest BCUT2D eigenvalue weighted by molar-refractivity contribution is 0.441. The van der Waals surface area contributed by atoms with Crippen LogP contribution in [0.2, 0.25) is 0 Å². The highest BCUT2D eigenvalue weighted by Crippen LogP contribution is 2.33. The number of nitrogens with zero attached hydrogens (tertiary/aromatic N) is 3. The van der Waals surface area contributed by atoms with Crippen LogP contribution in [0, 0.1) is 0 Å². The van der Waals surface area contributed by atoms with Crippen molar-refractivity contribution in [2.45, 2.75) is 24.9 Å². The number of hydrogen-bond donors (Lipinski definition) is 1. The predicted molar refractivity (Wildman–Crippen MR) is 81.0 cm³/mol. The van der Waals surface area contributed by atoms with E-state index in [1.54, 1.807) is 0 Å². The third kappa shape index (κ3) is 2.05. The summed E-state index contributed by atoms with van der Waals surface area (Å²) in [5.41, 5.74) is 1.27. The third-order valence-corrected chi connectivity index (χ3v) is 5.34. The van der Waals surface area contributed by atoms with Gasteiger partial charge in [0.1, 0.15) is 5.82 Å². The van der Waals surface area contributed by atoms with Gasteiger partial charge in [0.2, 0.25) is 0 Å². The molecule has 0 radical (unpaired) electrons. The molecule has 0 bridgehead atoms. The van der Waals surface area contributed by atoms with Gasteiger partial charge in [-0.05, 0) is 17.7 Å². The molecule has 0 aliphatic carbocycles. The van der Waals surface area contributed by atoms with Crippen LogP contribution in [-0.4, -0.2) is 32.8 Å². The molecule has 4 nitrogen and oxygen atoms in total. The Morgan fingerprint density at radius 1 is 1.15 bits per heavy atom. The van der Waals surface area contributed by atoms with Crippen LogP contribution in [0.1, 0.15) is 35.6 Å². The van der Waals surface area contributed by atoms with Crippen molar-refractivity contribution < 1.29 is 0 Å². The first-order valence-corrected chi connectivity index (χ1v) is 8.38. The van der Waals surface area contributed by atoms with E-state index in [4.69, 9.17) is 0 Å². The van der Waals surface area contributed by atoms with E-state index in [0.717, 1.165) is 18.9 Å². The molecule has 2 aromatic rings. The highest BCUT2D eigenvalue weighted by atomic mass is 32.2. The predicted octanol–water partition coefficient (Wildman–Crippen LogP) is 2.19. The van der Waals surface area contributed by atoms with E-state index in [2.05, 4.69) is 50.4 Å². The van der Waals surface area contributed by atoms with Gasteiger partial charge in [-0.2, -0.15) is 11.8 Å². The molecule has 1 saturated heterocycles. The fraction of sp³-hybridized carbons (Fsp3) is 0.467. The number of hydrogen-bond acceptors (Lipinski definition) is 4. The maximum atomic E-state index is 4.52. The highest BCUT2D eigenvalue weighted by Gasteiger charge is 2.30. The van der Waals surface area contributed by atoms with Gasteiger partial charge in [0, 0.05) is 24.8 Å². The number of fused-ring (bicyclic) bond motifs is 1. The number of benzene rings is 1. The molecule has 4 rings (SSSR count). The lowest BCUT2D eigenvalue weighted by atomic mass is 10.0. The van der Waals surface area contributed by atoms with Gasteiger partial charge in [-0.3, -0.25) is 0 Å². The SMILES string of the molecule is c1ccc(C2NCCn3c(C4CCSC4)nnc32)cc1. The second-order valence-electron chi connectivity index (χ2n) is 5.43. The topological polar surface area (TPSA) is 42.7 Å². The zero-order chi connectivity index (χ0) is 13.4. The first-order valence-electron chi connectivity index (χ1n) is 7.22. The van der Waals surface area contributed by atoms with E-state index in [0.29, 0.717) is 5.92 Å². The van der Waals surface area contributed by atoms with Crippen LogP contribution in [0.5, 0.6) is 0 Å². The Morgan fingerprint density at radius 3 is 2.80 bits per heavy atom. The highest BCUT2D eigenvalue weighted by molar-refractivity contribution is 7.99. The normalized spacial score (nSPS) is 25.6. The summed E-state index contributed by atoms with van der Waals surface area (Å²) in [4.78, 5) is 0. The van der Waals surface area contributed by atoms with Crippen molar-refractivity contribution in [2.24, 2.45) is 0 Å². The minimum Gasteiger partial charge on any atom is -0.312 e. The molecule has 1 aromatic heterocycles. The molecule has 1 fully saturated rings. The molecule has 2 atom stereocenters. The largest absolute Gasteiger partial charge is 0.312 e. The summed E-state index contributed by atoms with van der Waals surface area (Å²) in [5.74, 6) is 5.33. The molecular weight excluding hydrogens is 268 g/mol. The quantitative estimate of drug-likeness (QED) is 0.919. The Bertz CT molecular complexity index is 589. The number of nitrogens with one attached hydrogen (secondary N) is 1. The van der Waals surface area contributed by atoms with Gasteiger partial charge in [0.15, 0.2) is 5.82 Å². The molecule has 5 heteroatoms. The number of thioether (sulfide) groups is 1. The second-order valence-corrected chi connectivity index (χ2v) is 6.58. The molecule has 104 valence electrons. The third-order valence-electron chi connectivity index (χ3n) is 4.18. The Hall–Kier alpha value is -1.33. The number of rotatable bonds is 2. The summed E-state index contributed by atoms with van der Waals surface area (Å²) in [6.45, 7) is 1.97. The van der Waals surface area contributed by atoms with Gasteiger partial charge in [0.05, 0.1) is 6.04 Å². The van der Waals surface area contributed by atoms with Crippen molar-refractivity contribution in [3.63, 3.8) is 0 Å². The fourth-order valence-electron chi connectivity index (χ4n) is 3.14. The molecular formula is C15H18N4S. The van der Waals surface area contributed by atoms with Crippen molar-refractivity contribution in [1.29, 1.82) is 0 Å². The van der Waals surface area contributed by atoms with Crippen molar-refractivity contribution >= 4 is 11.8 Å². The smallest absolute Gasteiger partial charge is 0.154 e. The van der Waals surface area contributed by atoms with E-state index >= 15 is 0 Å². The Kier molecular flexibility index (Phi) is 3.24. The lowest BCUT2D eigenvalue weighted by Crippen LogP contribution is -2.35. The summed E-state index contributed by atoms with van der Waals surface area (Å²) >= 11 is 2.03. The Morgan fingerprint density at radius 2 is 2.00 bits per heavy atom. The number of aromatic nitrogens is 3. The molecule has 2 aliphatic rings. The van der Waals surface area contributed by atoms with E-state index in [-0.39, 0.29) is 6.04 Å². The van der Waals surface area contributed by atoms with E-state index < -0.39 is 0 Å². The van der Waals surface area contributed by atoms with E-state index in [1.807, 2.05) is 11.8 Å². The van der Waals surface area contributed by atoms with Gasteiger partial charge in [-0.15, -0.1) is 10.2 Å². The molecule has 1 N–H and O–H groups in total. The second kappa shape index (κ2) is 5.22. The minimum absolute atomic E-state index is 0.181. The van der Waals surface area contributed by atoms with Crippen LogP contribution in [0.3, 0.4) is 0 Å². The van der Waals surface area contributed by atoms with Crippen molar-refractivity contribution in [2.75, 3.05) is 18.1 Å². The van der Waals surface area contributed by atoms with Crippen molar-refractivity contribution in [1.82, 2.24) is 20.1 Å². The summed E-state index contributed by atoms with van der Waals surface area (Å²) < 4.78 is 2.35. The van der Waals surface area contributed by atoms with Gasteiger partial charge in [0.25, 0.3) is 0 Å². The summed E-state index contributed by atoms with van der Waals surface area (Å²) in [6.07, 6.45) is 1.24. The van der Waals surface area contributed by atoms with E-state index in [1.165, 1.54) is 29.3 Å². The molecule has 0 amide bonds. The lowest BCUT2D eigenvalue weighted by Gasteiger charge is -2.26. The van der Waals surface area contributed by atoms with Crippen LogP contribution in [-0.2, 0) is 6.54 Å². The first-order chi connectivity index (χ1) is 9.93. The average molecular weight is 286 g/mol. The maximum absolute atomic E-state index is 4.52. The average Bonchev–Trinajstić information content (AvgIpc) is 3.16. The Labute approximate surface area is 123 Å². The van der Waals surface area contributed by atoms with Crippen LogP contribution in [0.4, 0.5) is 0 Å². The minimum atomic E-state index is 0.181. The van der Waals surface area contributed by atoms with Crippen molar-refractivity contribution in [3.05, 3.63) is 47.5 Å². The van der Waals surface area contributed by atoms with Crippen LogP contribution >= 0.6 is 11.8 Å². The zero-order valence-electron chi connectivity index (χ0n) is 11.3. The van der Waals surface area contributed by atoms with Crippen LogP contribution in [0.25, 0.3) is 0 Å². The van der Waals surface area contributed by atoms with Gasteiger partial charge in [-0.25, -0.2) is 0 Å². The van der Waals surface area contributed by atoms with Gasteiger partial charge < -0.3 is 9.88 Å². The van der Waals surface area contributed by atoms with Crippen molar-refractivity contribution in [3.8, 4) is 0 Å². The van der Waals surface area contributed by atoms with Crippen LogP contribution in [0.15, 0.2) is 30.3 Å². The maximum Gasteiger partial charge on any atom is 0.154 e. The first kappa shape index (κ1) is 12.4. The molecule has 0 spiro atoms.